The quantitative estimate of drug-likeness (QED) is 0.124. The van der Waals surface area contributed by atoms with Crippen molar-refractivity contribution in [3.8, 4) is 23.6 Å². The van der Waals surface area contributed by atoms with E-state index in [1.807, 2.05) is 48.6 Å². The molecule has 0 spiro atoms. The van der Waals surface area contributed by atoms with Gasteiger partial charge in [0.1, 0.15) is 11.5 Å². The molecule has 4 fully saturated rings. The lowest BCUT2D eigenvalue weighted by molar-refractivity contribution is -0.128. The van der Waals surface area contributed by atoms with Crippen molar-refractivity contribution in [2.75, 3.05) is 27.3 Å². The molecule has 14 nitrogen and oxygen atoms in total. The van der Waals surface area contributed by atoms with Crippen molar-refractivity contribution >= 4 is 47.3 Å². The standard InChI is InChI=1S/2C26H31N3O4/c2*1-33-24-6-2-4-18-13-20(14-21(18)24)26(32)29-22(11-16-7-8-16)23(30)12-17(15-27)10-19-5-3-9-28-25(19)31/h2*2,4,6,14,16-17,19,22H,3,5,7-13H2,1H3,(H,28,31)(H,29,32)/t17-,19+,22-;17-,19-,22+/m10/s1. The van der Waals surface area contributed by atoms with E-state index in [4.69, 9.17) is 9.47 Å². The zero-order valence-corrected chi connectivity index (χ0v) is 38.1. The normalized spacial score (nSPS) is 21.2. The number of carbonyl (C=O) groups is 6. The summed E-state index contributed by atoms with van der Waals surface area (Å²) in [5, 5.41) is 30.9. The number of Topliss-reactive ketones (excluding diaryl/α,β-unsaturated/α-hetero) is 2. The van der Waals surface area contributed by atoms with Crippen LogP contribution in [0.1, 0.15) is 112 Å². The minimum absolute atomic E-state index is 0.0278. The molecular weight excluding hydrogens is 837 g/mol. The molecule has 0 aromatic heterocycles. The van der Waals surface area contributed by atoms with E-state index in [-0.39, 0.29) is 59.9 Å². The predicted molar refractivity (Wildman–Crippen MR) is 246 cm³/mol. The number of amides is 4. The van der Waals surface area contributed by atoms with Crippen molar-refractivity contribution < 1.29 is 38.2 Å². The fourth-order valence-electron chi connectivity index (χ4n) is 9.68. The van der Waals surface area contributed by atoms with Crippen molar-refractivity contribution in [3.63, 3.8) is 0 Å². The number of hydrogen-bond donors (Lipinski definition) is 4. The predicted octanol–water partition coefficient (Wildman–Crippen LogP) is 5.87. The van der Waals surface area contributed by atoms with Crippen LogP contribution in [-0.4, -0.2) is 74.6 Å². The van der Waals surface area contributed by atoms with E-state index < -0.39 is 23.9 Å². The molecule has 4 N–H and O–H groups in total. The maximum Gasteiger partial charge on any atom is 0.248 e. The smallest absolute Gasteiger partial charge is 0.248 e. The van der Waals surface area contributed by atoms with Gasteiger partial charge in [-0.1, -0.05) is 49.9 Å². The second-order valence-corrected chi connectivity index (χ2v) is 18.9. The van der Waals surface area contributed by atoms with Gasteiger partial charge in [0.25, 0.3) is 0 Å². The molecule has 2 heterocycles. The highest BCUT2D eigenvalue weighted by atomic mass is 16.5. The third-order valence-electron chi connectivity index (χ3n) is 13.9. The first kappa shape index (κ1) is 47.7. The third kappa shape index (κ3) is 12.5. The monoisotopic (exact) mass is 898 g/mol. The SMILES string of the molecule is COc1cccc2c1C=C(C(=O)N[C@H](CC1CC1)C(=O)C[C@@H](C#N)C[C@@H]1CCCNC1=O)C2.COc1cccc2c1C=C(C(=O)N[C@H](CC1CC1)C(=O)C[C@H](C#N)C[C@@H]1CCCNC1=O)C2. The van der Waals surface area contributed by atoms with Crippen molar-refractivity contribution in [2.45, 2.75) is 115 Å². The molecule has 0 radical (unpaired) electrons. The maximum absolute atomic E-state index is 13.2. The van der Waals surface area contributed by atoms with Crippen LogP contribution in [0.25, 0.3) is 12.2 Å². The summed E-state index contributed by atoms with van der Waals surface area (Å²) in [6, 6.07) is 14.7. The Balaban J connectivity index is 0.000000196. The number of nitriles is 2. The molecule has 66 heavy (non-hydrogen) atoms. The molecule has 6 aliphatic rings. The highest BCUT2D eigenvalue weighted by Gasteiger charge is 2.36. The van der Waals surface area contributed by atoms with Gasteiger partial charge in [-0.05, 0) is 98.6 Å². The zero-order chi connectivity index (χ0) is 46.7. The number of fused-ring (bicyclic) bond motifs is 2. The molecule has 2 saturated carbocycles. The second kappa shape index (κ2) is 22.3. The van der Waals surface area contributed by atoms with Gasteiger partial charge in [0.2, 0.25) is 23.6 Å². The van der Waals surface area contributed by atoms with E-state index in [0.29, 0.717) is 74.6 Å². The fourth-order valence-corrected chi connectivity index (χ4v) is 9.68. The molecule has 4 aliphatic carbocycles. The van der Waals surface area contributed by atoms with Gasteiger partial charge in [-0.2, -0.15) is 10.5 Å². The molecule has 2 aromatic carbocycles. The van der Waals surface area contributed by atoms with E-state index in [0.717, 1.165) is 85.1 Å². The summed E-state index contributed by atoms with van der Waals surface area (Å²) in [5.41, 5.74) is 5.09. The van der Waals surface area contributed by atoms with Crippen LogP contribution in [0.3, 0.4) is 0 Å². The largest absolute Gasteiger partial charge is 0.496 e. The first-order chi connectivity index (χ1) is 32.0. The molecule has 2 aromatic rings. The molecule has 2 saturated heterocycles. The number of nitrogens with one attached hydrogen (secondary N) is 4. The van der Waals surface area contributed by atoms with Crippen LogP contribution >= 0.6 is 0 Å². The van der Waals surface area contributed by atoms with Gasteiger partial charge >= 0.3 is 0 Å². The lowest BCUT2D eigenvalue weighted by atomic mass is 9.85. The fraction of sp³-hybridized carbons (Fsp3) is 0.538. The molecule has 8 rings (SSSR count). The molecule has 0 unspecified atom stereocenters. The number of ether oxygens (including phenoxy) is 2. The minimum atomic E-state index is -0.604. The highest BCUT2D eigenvalue weighted by Crippen LogP contribution is 2.37. The van der Waals surface area contributed by atoms with E-state index >= 15 is 0 Å². The molecular formula is C52H62N6O8. The van der Waals surface area contributed by atoms with Crippen molar-refractivity contribution in [2.24, 2.45) is 35.5 Å². The zero-order valence-electron chi connectivity index (χ0n) is 38.1. The summed E-state index contributed by atoms with van der Waals surface area (Å²) in [7, 11) is 3.21. The third-order valence-corrected chi connectivity index (χ3v) is 13.9. The summed E-state index contributed by atoms with van der Waals surface area (Å²) in [6.45, 7) is 1.35. The molecule has 0 bridgehead atoms. The number of nitrogens with zero attached hydrogens (tertiary/aromatic N) is 2. The summed E-state index contributed by atoms with van der Waals surface area (Å²) < 4.78 is 10.8. The number of carbonyl (C=O) groups excluding carboxylic acids is 6. The number of piperidine rings is 2. The Bertz CT molecular complexity index is 2170. The van der Waals surface area contributed by atoms with Crippen LogP contribution < -0.4 is 30.7 Å². The molecule has 348 valence electrons. The lowest BCUT2D eigenvalue weighted by Crippen LogP contribution is -2.43. The number of methoxy groups -OCH3 is 2. The van der Waals surface area contributed by atoms with Crippen molar-refractivity contribution in [3.05, 3.63) is 69.8 Å². The Kier molecular flexibility index (Phi) is 16.1. The second-order valence-electron chi connectivity index (χ2n) is 18.9. The van der Waals surface area contributed by atoms with Crippen molar-refractivity contribution in [1.82, 2.24) is 21.3 Å². The summed E-state index contributed by atoms with van der Waals surface area (Å²) >= 11 is 0. The Morgan fingerprint density at radius 3 is 1.39 bits per heavy atom. The number of hydrogen-bond acceptors (Lipinski definition) is 10. The van der Waals surface area contributed by atoms with Crippen LogP contribution in [-0.2, 0) is 41.6 Å². The maximum atomic E-state index is 13.2. The number of ketones is 2. The Morgan fingerprint density at radius 1 is 0.636 bits per heavy atom. The Labute approximate surface area is 387 Å². The average molecular weight is 899 g/mol. The minimum Gasteiger partial charge on any atom is -0.496 e. The van der Waals surface area contributed by atoms with Crippen LogP contribution in [0, 0.1) is 58.2 Å². The van der Waals surface area contributed by atoms with Crippen LogP contribution in [0.5, 0.6) is 11.5 Å². The highest BCUT2D eigenvalue weighted by molar-refractivity contribution is 6.04. The first-order valence-electron chi connectivity index (χ1n) is 23.7. The summed E-state index contributed by atoms with van der Waals surface area (Å²) in [6.07, 6.45) is 14.3. The Morgan fingerprint density at radius 2 is 1.05 bits per heavy atom. The van der Waals surface area contributed by atoms with Gasteiger partial charge in [0.15, 0.2) is 11.6 Å². The van der Waals surface area contributed by atoms with E-state index in [1.165, 1.54) is 0 Å². The van der Waals surface area contributed by atoms with E-state index in [2.05, 4.69) is 33.4 Å². The topological polar surface area (TPSA) is 217 Å². The van der Waals surface area contributed by atoms with Gasteiger partial charge in [-0.25, -0.2) is 0 Å². The number of rotatable bonds is 20. The van der Waals surface area contributed by atoms with Crippen molar-refractivity contribution in [1.29, 1.82) is 10.5 Å². The molecule has 2 aliphatic heterocycles. The van der Waals surface area contributed by atoms with Crippen LogP contribution in [0.2, 0.25) is 0 Å². The first-order valence-corrected chi connectivity index (χ1v) is 23.7. The van der Waals surface area contributed by atoms with Gasteiger partial charge in [0.05, 0.1) is 50.3 Å². The van der Waals surface area contributed by atoms with E-state index in [9.17, 15) is 39.3 Å². The summed E-state index contributed by atoms with van der Waals surface area (Å²) in [4.78, 5) is 76.6. The Hall–Kier alpha value is -6.28. The van der Waals surface area contributed by atoms with Gasteiger partial charge in [-0.15, -0.1) is 0 Å². The molecule has 14 heteroatoms. The van der Waals surface area contributed by atoms with Gasteiger partial charge in [0, 0.05) is 72.9 Å². The lowest BCUT2D eigenvalue weighted by Gasteiger charge is -2.24. The van der Waals surface area contributed by atoms with Gasteiger partial charge < -0.3 is 30.7 Å². The molecule has 6 atom stereocenters. The van der Waals surface area contributed by atoms with Crippen LogP contribution in [0.15, 0.2) is 47.5 Å². The average Bonchev–Trinajstić information content (AvgIpc) is 4.24. The van der Waals surface area contributed by atoms with E-state index in [1.54, 1.807) is 14.2 Å². The van der Waals surface area contributed by atoms with Gasteiger partial charge in [-0.3, -0.25) is 28.8 Å². The summed E-state index contributed by atoms with van der Waals surface area (Å²) in [5.74, 6) is 0.0765. The number of benzene rings is 2. The molecule has 4 amide bonds. The van der Waals surface area contributed by atoms with Crippen LogP contribution in [0.4, 0.5) is 0 Å².